The van der Waals surface area contributed by atoms with Crippen LogP contribution in [-0.2, 0) is 4.74 Å². The Morgan fingerprint density at radius 1 is 1.57 bits per heavy atom. The van der Waals surface area contributed by atoms with Gasteiger partial charge in [-0.15, -0.1) is 0 Å². The molecule has 0 aromatic carbocycles. The first-order chi connectivity index (χ1) is 6.43. The van der Waals surface area contributed by atoms with Crippen LogP contribution in [0.15, 0.2) is 34.1 Å². The average molecular weight is 219 g/mol. The zero-order valence-corrected chi connectivity index (χ0v) is 8.53. The Kier molecular flexibility index (Phi) is 1.96. The average Bonchev–Trinajstić information content (AvgIpc) is 2.45. The van der Waals surface area contributed by atoms with Crippen LogP contribution in [0.3, 0.4) is 0 Å². The maximum absolute atomic E-state index is 14.0. The lowest BCUT2D eigenvalue weighted by molar-refractivity contribution is 0.0631. The van der Waals surface area contributed by atoms with Crippen LogP contribution >= 0.6 is 11.6 Å². The second-order valence-corrected chi connectivity index (χ2v) is 3.96. The summed E-state index contributed by atoms with van der Waals surface area (Å²) in [6.45, 7) is 3.00. The Morgan fingerprint density at radius 2 is 2.21 bits per heavy atom. The van der Waals surface area contributed by atoms with E-state index in [4.69, 9.17) is 16.3 Å². The number of fused-ring (bicyclic) bond motifs is 1. The monoisotopic (exact) mass is 218 g/mol. The summed E-state index contributed by atoms with van der Waals surface area (Å²) in [6, 6.07) is 0. The Labute approximate surface area is 85.7 Å². The van der Waals surface area contributed by atoms with E-state index in [2.05, 4.69) is 0 Å². The smallest absolute Gasteiger partial charge is 0.258 e. The fraction of sp³-hybridized carbons (Fsp3) is 0.400. The fourth-order valence-corrected chi connectivity index (χ4v) is 1.88. The Morgan fingerprint density at radius 3 is 2.86 bits per heavy atom. The van der Waals surface area contributed by atoms with Crippen LogP contribution in [-0.4, -0.2) is 12.0 Å². The van der Waals surface area contributed by atoms with Crippen LogP contribution in [0.4, 0.5) is 8.78 Å². The van der Waals surface area contributed by atoms with Gasteiger partial charge in [0.25, 0.3) is 6.36 Å². The molecule has 0 saturated carbocycles. The van der Waals surface area contributed by atoms with Crippen LogP contribution in [0.1, 0.15) is 13.8 Å². The van der Waals surface area contributed by atoms with Crippen molar-refractivity contribution in [3.05, 3.63) is 34.1 Å². The summed E-state index contributed by atoms with van der Waals surface area (Å²) in [5.74, 6) is 0.270. The van der Waals surface area contributed by atoms with Gasteiger partial charge in [-0.2, -0.15) is 4.39 Å². The highest BCUT2D eigenvalue weighted by Crippen LogP contribution is 2.45. The molecule has 0 amide bonds. The molecule has 0 aromatic heterocycles. The quantitative estimate of drug-likeness (QED) is 0.606. The molecule has 0 spiro atoms. The lowest BCUT2D eigenvalue weighted by atomic mass is 9.89. The van der Waals surface area contributed by atoms with Crippen LogP contribution in [0.5, 0.6) is 0 Å². The molecule has 0 radical (unpaired) electrons. The number of halogens is 3. The highest BCUT2D eigenvalue weighted by Gasteiger charge is 2.43. The van der Waals surface area contributed by atoms with Gasteiger partial charge in [0.1, 0.15) is 5.76 Å². The lowest BCUT2D eigenvalue weighted by Crippen LogP contribution is -2.25. The predicted molar refractivity (Wildman–Crippen MR) is 50.2 cm³/mol. The second kappa shape index (κ2) is 2.83. The molecule has 2 atom stereocenters. The topological polar surface area (TPSA) is 9.23 Å². The molecule has 1 aliphatic carbocycles. The molecule has 1 heterocycles. The van der Waals surface area contributed by atoms with Crippen molar-refractivity contribution in [2.24, 2.45) is 0 Å². The van der Waals surface area contributed by atoms with Gasteiger partial charge >= 0.3 is 0 Å². The van der Waals surface area contributed by atoms with Crippen LogP contribution in [0.25, 0.3) is 0 Å². The second-order valence-electron chi connectivity index (χ2n) is 3.56. The summed E-state index contributed by atoms with van der Waals surface area (Å²) >= 11 is 5.75. The molecule has 2 aliphatic rings. The van der Waals surface area contributed by atoms with Gasteiger partial charge in [-0.1, -0.05) is 11.6 Å². The van der Waals surface area contributed by atoms with E-state index < -0.39 is 12.0 Å². The first-order valence-corrected chi connectivity index (χ1v) is 4.61. The predicted octanol–water partition coefficient (Wildman–Crippen LogP) is 3.38. The van der Waals surface area contributed by atoms with Crippen LogP contribution in [0, 0.1) is 0 Å². The minimum Gasteiger partial charge on any atom is -0.456 e. The molecule has 0 bridgehead atoms. The van der Waals surface area contributed by atoms with E-state index >= 15 is 0 Å². The van der Waals surface area contributed by atoms with E-state index in [0.717, 1.165) is 6.08 Å². The standard InChI is InChI=1S/C10H9ClF2O/c1-5-3-7(11)10(2,13)6-4-8(12)14-9(5)6/h3-4,8H,1-2H3. The van der Waals surface area contributed by atoms with E-state index in [1.54, 1.807) is 6.92 Å². The van der Waals surface area contributed by atoms with Crippen molar-refractivity contribution in [3.8, 4) is 0 Å². The van der Waals surface area contributed by atoms with E-state index in [1.807, 2.05) is 0 Å². The van der Waals surface area contributed by atoms with Crippen LogP contribution < -0.4 is 0 Å². The molecule has 76 valence electrons. The number of hydrogen-bond donors (Lipinski definition) is 0. The molecule has 0 N–H and O–H groups in total. The Hall–Kier alpha value is -0.830. The van der Waals surface area contributed by atoms with Crippen LogP contribution in [0.2, 0.25) is 0 Å². The molecule has 1 nitrogen and oxygen atoms in total. The normalized spacial score (nSPS) is 36.2. The number of ether oxygens (including phenoxy) is 1. The number of hydrogen-bond acceptors (Lipinski definition) is 1. The van der Waals surface area contributed by atoms with Gasteiger partial charge in [-0.25, -0.2) is 4.39 Å². The largest absolute Gasteiger partial charge is 0.456 e. The molecule has 14 heavy (non-hydrogen) atoms. The molecule has 4 heteroatoms. The summed E-state index contributed by atoms with van der Waals surface area (Å²) < 4.78 is 31.8. The van der Waals surface area contributed by atoms with Gasteiger partial charge in [0.05, 0.1) is 5.03 Å². The van der Waals surface area contributed by atoms with Crippen molar-refractivity contribution in [1.82, 2.24) is 0 Å². The third-order valence-corrected chi connectivity index (χ3v) is 2.89. The molecule has 0 saturated heterocycles. The van der Waals surface area contributed by atoms with E-state index in [9.17, 15) is 8.78 Å². The third-order valence-electron chi connectivity index (χ3n) is 2.43. The lowest BCUT2D eigenvalue weighted by Gasteiger charge is -2.26. The van der Waals surface area contributed by atoms with Gasteiger partial charge < -0.3 is 4.74 Å². The van der Waals surface area contributed by atoms with E-state index in [1.165, 1.54) is 13.0 Å². The van der Waals surface area contributed by atoms with Gasteiger partial charge in [0.15, 0.2) is 5.67 Å². The van der Waals surface area contributed by atoms with Crippen molar-refractivity contribution in [3.63, 3.8) is 0 Å². The van der Waals surface area contributed by atoms with Crippen molar-refractivity contribution in [1.29, 1.82) is 0 Å². The van der Waals surface area contributed by atoms with Gasteiger partial charge in [-0.3, -0.25) is 0 Å². The van der Waals surface area contributed by atoms with Gasteiger partial charge in [0.2, 0.25) is 0 Å². The highest BCUT2D eigenvalue weighted by atomic mass is 35.5. The van der Waals surface area contributed by atoms with Gasteiger partial charge in [-0.05, 0) is 31.6 Å². The number of allylic oxidation sites excluding steroid dienone is 4. The first kappa shape index (κ1) is 9.71. The fourth-order valence-electron chi connectivity index (χ4n) is 1.61. The SMILES string of the molecule is CC1=C2OC(F)C=C2C(C)(F)C(Cl)=C1. The third kappa shape index (κ3) is 1.19. The zero-order chi connectivity index (χ0) is 10.5. The molecule has 0 fully saturated rings. The maximum Gasteiger partial charge on any atom is 0.258 e. The zero-order valence-electron chi connectivity index (χ0n) is 7.77. The summed E-state index contributed by atoms with van der Waals surface area (Å²) in [5, 5.41) is 0.0581. The van der Waals surface area contributed by atoms with Crippen molar-refractivity contribution in [2.45, 2.75) is 25.9 Å². The van der Waals surface area contributed by atoms with Crippen molar-refractivity contribution in [2.75, 3.05) is 0 Å². The molecule has 2 unspecified atom stereocenters. The van der Waals surface area contributed by atoms with E-state index in [-0.39, 0.29) is 16.4 Å². The summed E-state index contributed by atoms with van der Waals surface area (Å²) in [7, 11) is 0. The molecular formula is C10H9ClF2O. The van der Waals surface area contributed by atoms with Gasteiger partial charge in [0, 0.05) is 5.57 Å². The summed E-state index contributed by atoms with van der Waals surface area (Å²) in [4.78, 5) is 0. The first-order valence-electron chi connectivity index (χ1n) is 4.24. The Balaban J connectivity index is 2.57. The van der Waals surface area contributed by atoms with Crippen molar-refractivity contribution < 1.29 is 13.5 Å². The van der Waals surface area contributed by atoms with E-state index in [0.29, 0.717) is 5.57 Å². The number of rotatable bonds is 0. The maximum atomic E-state index is 14.0. The molecular weight excluding hydrogens is 210 g/mol. The molecule has 0 aromatic rings. The molecule has 1 aliphatic heterocycles. The minimum atomic E-state index is -1.84. The summed E-state index contributed by atoms with van der Waals surface area (Å²) in [5.41, 5.74) is -0.997. The van der Waals surface area contributed by atoms with Crippen molar-refractivity contribution >= 4 is 11.6 Å². The molecule has 2 rings (SSSR count). The minimum absolute atomic E-state index is 0.0581. The Bertz CT molecular complexity index is 380. The highest BCUT2D eigenvalue weighted by molar-refractivity contribution is 6.31. The summed E-state index contributed by atoms with van der Waals surface area (Å²) in [6.07, 6.45) is 1.02. The number of alkyl halides is 2.